The minimum absolute atomic E-state index is 0.0240. The number of carboxylic acid groups (broad SMARTS) is 1. The smallest absolute Gasteiger partial charge is 0.475 e. The molecule has 2 aromatic heterocycles. The highest BCUT2D eigenvalue weighted by molar-refractivity contribution is 7.91. The summed E-state index contributed by atoms with van der Waals surface area (Å²) in [5, 5.41) is 8.93. The van der Waals surface area contributed by atoms with E-state index in [1.54, 1.807) is 40.3 Å². The first-order chi connectivity index (χ1) is 13.6. The molecule has 2 atom stereocenters. The van der Waals surface area contributed by atoms with Crippen LogP contribution in [0.25, 0.3) is 0 Å². The summed E-state index contributed by atoms with van der Waals surface area (Å²) in [4.78, 5) is 19.7. The molecule has 0 radical (unpaired) electrons. The van der Waals surface area contributed by atoms with E-state index in [2.05, 4.69) is 14.9 Å². The predicted octanol–water partition coefficient (Wildman–Crippen LogP) is 2.21. The Bertz CT molecular complexity index is 939. The fourth-order valence-electron chi connectivity index (χ4n) is 3.46. The van der Waals surface area contributed by atoms with Crippen molar-refractivity contribution in [1.82, 2.24) is 14.3 Å². The fraction of sp³-hybridized carbons (Fsp3) is 0.438. The maximum Gasteiger partial charge on any atom is 0.490 e. The van der Waals surface area contributed by atoms with E-state index in [0.717, 1.165) is 19.4 Å². The molecule has 2 aliphatic heterocycles. The van der Waals surface area contributed by atoms with Gasteiger partial charge in [0.25, 0.3) is 10.0 Å². The van der Waals surface area contributed by atoms with Crippen LogP contribution in [0.4, 0.5) is 19.1 Å². The average molecular weight is 450 g/mol. The summed E-state index contributed by atoms with van der Waals surface area (Å²) in [6, 6.07) is 5.46. The first kappa shape index (κ1) is 21.5. The molecule has 4 heterocycles. The number of sulfonamides is 1. The molecule has 0 aromatic carbocycles. The number of hydrogen-bond donors (Lipinski definition) is 1. The quantitative estimate of drug-likeness (QED) is 0.765. The second-order valence-electron chi connectivity index (χ2n) is 6.30. The number of aliphatic carboxylic acids is 1. The number of carbonyl (C=O) groups is 1. The lowest BCUT2D eigenvalue weighted by Crippen LogP contribution is -2.39. The van der Waals surface area contributed by atoms with Crippen molar-refractivity contribution in [2.24, 2.45) is 0 Å². The number of fused-ring (bicyclic) bond motifs is 1. The summed E-state index contributed by atoms with van der Waals surface area (Å²) in [5.41, 5.74) is 0. The zero-order valence-electron chi connectivity index (χ0n) is 14.9. The number of thiophene rings is 1. The Balaban J connectivity index is 0.000000298. The Hall–Kier alpha value is -2.25. The third-order valence-corrected chi connectivity index (χ3v) is 7.93. The second kappa shape index (κ2) is 8.24. The highest BCUT2D eigenvalue weighted by Crippen LogP contribution is 2.37. The predicted molar refractivity (Wildman–Crippen MR) is 98.1 cm³/mol. The molecular weight excluding hydrogens is 433 g/mol. The van der Waals surface area contributed by atoms with E-state index in [4.69, 9.17) is 9.90 Å². The number of nitrogens with zero attached hydrogens (tertiary/aromatic N) is 4. The number of halogens is 3. The summed E-state index contributed by atoms with van der Waals surface area (Å²) in [7, 11) is -3.37. The van der Waals surface area contributed by atoms with Crippen LogP contribution >= 0.6 is 11.3 Å². The van der Waals surface area contributed by atoms with Gasteiger partial charge in [-0.15, -0.1) is 11.3 Å². The summed E-state index contributed by atoms with van der Waals surface area (Å²) in [6.07, 6.45) is 0.0244. The molecule has 29 heavy (non-hydrogen) atoms. The van der Waals surface area contributed by atoms with Gasteiger partial charge in [-0.1, -0.05) is 6.07 Å². The van der Waals surface area contributed by atoms with E-state index in [1.165, 1.54) is 11.3 Å². The molecular formula is C16H17F3N4O4S2. The highest BCUT2D eigenvalue weighted by Gasteiger charge is 2.48. The van der Waals surface area contributed by atoms with Crippen molar-refractivity contribution in [1.29, 1.82) is 0 Å². The van der Waals surface area contributed by atoms with Gasteiger partial charge in [-0.3, -0.25) is 0 Å². The molecule has 0 saturated carbocycles. The molecule has 0 unspecified atom stereocenters. The minimum atomic E-state index is -5.08. The molecule has 2 fully saturated rings. The summed E-state index contributed by atoms with van der Waals surface area (Å²) >= 11 is 1.28. The van der Waals surface area contributed by atoms with Gasteiger partial charge in [0.05, 0.1) is 0 Å². The largest absolute Gasteiger partial charge is 0.490 e. The Morgan fingerprint density at radius 2 is 1.76 bits per heavy atom. The second-order valence-corrected chi connectivity index (χ2v) is 9.37. The first-order valence-corrected chi connectivity index (χ1v) is 10.8. The van der Waals surface area contributed by atoms with E-state index < -0.39 is 22.2 Å². The van der Waals surface area contributed by atoms with Gasteiger partial charge in [0.15, 0.2) is 0 Å². The van der Waals surface area contributed by atoms with Crippen molar-refractivity contribution in [2.45, 2.75) is 35.3 Å². The zero-order valence-corrected chi connectivity index (χ0v) is 16.5. The van der Waals surface area contributed by atoms with E-state index >= 15 is 0 Å². The lowest BCUT2D eigenvalue weighted by atomic mass is 10.1. The zero-order chi connectivity index (χ0) is 21.2. The van der Waals surface area contributed by atoms with Gasteiger partial charge in [0, 0.05) is 37.6 Å². The Labute approximate surface area is 168 Å². The Kier molecular flexibility index (Phi) is 6.10. The average Bonchev–Trinajstić information content (AvgIpc) is 3.39. The Morgan fingerprint density at radius 3 is 2.31 bits per heavy atom. The van der Waals surface area contributed by atoms with Gasteiger partial charge in [0.2, 0.25) is 5.95 Å². The SMILES string of the molecule is O=C(O)C(F)(F)F.O=S(=O)(c1cccs1)N1CC[C@H]2[C@H]1CCN2c1ncccn1. The van der Waals surface area contributed by atoms with Gasteiger partial charge in [-0.05, 0) is 30.4 Å². The normalized spacial score (nSPS) is 22.1. The third-order valence-electron chi connectivity index (χ3n) is 4.63. The first-order valence-electron chi connectivity index (χ1n) is 8.51. The van der Waals surface area contributed by atoms with Crippen LogP contribution in [0.15, 0.2) is 40.2 Å². The molecule has 0 amide bonds. The van der Waals surface area contributed by atoms with Crippen molar-refractivity contribution in [3.63, 3.8) is 0 Å². The van der Waals surface area contributed by atoms with Crippen molar-refractivity contribution in [2.75, 3.05) is 18.0 Å². The molecule has 4 rings (SSSR count). The summed E-state index contributed by atoms with van der Waals surface area (Å²) in [6.45, 7) is 1.37. The number of anilines is 1. The lowest BCUT2D eigenvalue weighted by Gasteiger charge is -2.24. The minimum Gasteiger partial charge on any atom is -0.475 e. The Morgan fingerprint density at radius 1 is 1.14 bits per heavy atom. The molecule has 2 saturated heterocycles. The van der Waals surface area contributed by atoms with Crippen LogP contribution in [0, 0.1) is 0 Å². The molecule has 0 aliphatic carbocycles. The number of rotatable bonds is 3. The van der Waals surface area contributed by atoms with Crippen LogP contribution < -0.4 is 4.90 Å². The van der Waals surface area contributed by atoms with Crippen LogP contribution in [0.5, 0.6) is 0 Å². The number of alkyl halides is 3. The summed E-state index contributed by atoms with van der Waals surface area (Å²) < 4.78 is 59.4. The van der Waals surface area contributed by atoms with Crippen molar-refractivity contribution in [3.8, 4) is 0 Å². The molecule has 0 spiro atoms. The topological polar surface area (TPSA) is 104 Å². The number of aromatic nitrogens is 2. The van der Waals surface area contributed by atoms with E-state index in [1.807, 2.05) is 0 Å². The monoisotopic (exact) mass is 450 g/mol. The van der Waals surface area contributed by atoms with Crippen LogP contribution in [0.2, 0.25) is 0 Å². The molecule has 2 aromatic rings. The van der Waals surface area contributed by atoms with Crippen molar-refractivity contribution in [3.05, 3.63) is 36.0 Å². The van der Waals surface area contributed by atoms with Gasteiger partial charge in [-0.25, -0.2) is 23.2 Å². The van der Waals surface area contributed by atoms with E-state index in [9.17, 15) is 21.6 Å². The standard InChI is InChI=1S/C14H16N4O2S2.C2HF3O2/c19-22(20,13-3-1-10-21-13)18-9-5-11-12(18)4-8-17(11)14-15-6-2-7-16-14;3-2(4,5)1(6)7/h1-3,6-7,10-12H,4-5,8-9H2;(H,6,7)/t11-,12+;/m0./s1. The van der Waals surface area contributed by atoms with Crippen LogP contribution in [0.3, 0.4) is 0 Å². The number of hydrogen-bond acceptors (Lipinski definition) is 7. The fourth-order valence-corrected chi connectivity index (χ4v) is 6.28. The lowest BCUT2D eigenvalue weighted by molar-refractivity contribution is -0.192. The van der Waals surface area contributed by atoms with E-state index in [-0.39, 0.29) is 12.1 Å². The van der Waals surface area contributed by atoms with Gasteiger partial charge in [0.1, 0.15) is 4.21 Å². The van der Waals surface area contributed by atoms with Crippen LogP contribution in [0.1, 0.15) is 12.8 Å². The van der Waals surface area contributed by atoms with E-state index in [0.29, 0.717) is 16.7 Å². The maximum atomic E-state index is 12.8. The maximum absolute atomic E-state index is 12.8. The molecule has 2 aliphatic rings. The van der Waals surface area contributed by atoms with Crippen molar-refractivity contribution < 1.29 is 31.5 Å². The van der Waals surface area contributed by atoms with Crippen LogP contribution in [-0.2, 0) is 14.8 Å². The molecule has 158 valence electrons. The molecule has 0 bridgehead atoms. The van der Waals surface area contributed by atoms with Crippen molar-refractivity contribution >= 4 is 33.3 Å². The number of carboxylic acids is 1. The van der Waals surface area contributed by atoms with Gasteiger partial charge >= 0.3 is 12.1 Å². The summed E-state index contributed by atoms with van der Waals surface area (Å²) in [5.74, 6) is -2.06. The molecule has 13 heteroatoms. The van der Waals surface area contributed by atoms with Crippen LogP contribution in [-0.4, -0.2) is 65.1 Å². The molecule has 1 N–H and O–H groups in total. The molecule has 8 nitrogen and oxygen atoms in total. The highest BCUT2D eigenvalue weighted by atomic mass is 32.2. The van der Waals surface area contributed by atoms with Gasteiger partial charge in [-0.2, -0.15) is 17.5 Å². The third kappa shape index (κ3) is 4.51. The van der Waals surface area contributed by atoms with Gasteiger partial charge < -0.3 is 10.0 Å².